The van der Waals surface area contributed by atoms with Gasteiger partial charge in [-0.15, -0.1) is 0 Å². The van der Waals surface area contributed by atoms with Crippen LogP contribution in [0, 0.1) is 0 Å². The fourth-order valence-electron chi connectivity index (χ4n) is 1.02. The minimum Gasteiger partial charge on any atom is -0.383 e. The quantitative estimate of drug-likeness (QED) is 0.564. The first-order valence-corrected chi connectivity index (χ1v) is 5.00. The minimum atomic E-state index is -0.0434. The van der Waals surface area contributed by atoms with Gasteiger partial charge in [-0.2, -0.15) is 0 Å². The van der Waals surface area contributed by atoms with Crippen molar-refractivity contribution in [2.24, 2.45) is 0 Å². The van der Waals surface area contributed by atoms with Crippen molar-refractivity contribution in [1.29, 1.82) is 0 Å². The zero-order chi connectivity index (χ0) is 11.7. The summed E-state index contributed by atoms with van der Waals surface area (Å²) < 4.78 is 4.80. The fourth-order valence-corrected chi connectivity index (χ4v) is 1.02. The third kappa shape index (κ3) is 9.37. The number of ether oxygens (including phenoxy) is 1. The summed E-state index contributed by atoms with van der Waals surface area (Å²) in [5, 5.41) is 2.71. The van der Waals surface area contributed by atoms with Gasteiger partial charge in [0.15, 0.2) is 0 Å². The van der Waals surface area contributed by atoms with E-state index < -0.39 is 0 Å². The highest BCUT2D eigenvalue weighted by Crippen LogP contribution is 1.88. The molecule has 0 heterocycles. The Kier molecular flexibility index (Phi) is 7.85. The first-order valence-electron chi connectivity index (χ1n) is 5.00. The number of Topliss-reactive ketones (excluding diaryl/α,β-unsaturated/α-hetero) is 1. The van der Waals surface area contributed by atoms with Crippen molar-refractivity contribution < 1.29 is 14.3 Å². The van der Waals surface area contributed by atoms with E-state index in [-0.39, 0.29) is 11.7 Å². The number of amides is 1. The number of hydrogen-bond donors (Lipinski definition) is 1. The van der Waals surface area contributed by atoms with Gasteiger partial charge in [-0.1, -0.05) is 0 Å². The van der Waals surface area contributed by atoms with Crippen LogP contribution in [0.25, 0.3) is 0 Å². The Morgan fingerprint density at radius 1 is 1.40 bits per heavy atom. The van der Waals surface area contributed by atoms with Crippen LogP contribution in [0.4, 0.5) is 0 Å². The van der Waals surface area contributed by atoms with E-state index in [1.807, 2.05) is 11.9 Å². The molecule has 0 aliphatic rings. The maximum atomic E-state index is 11.3. The molecule has 0 bridgehead atoms. The van der Waals surface area contributed by atoms with E-state index in [2.05, 4.69) is 5.32 Å². The van der Waals surface area contributed by atoms with Crippen LogP contribution in [0.3, 0.4) is 0 Å². The van der Waals surface area contributed by atoms with Gasteiger partial charge in [0.25, 0.3) is 0 Å². The van der Waals surface area contributed by atoms with E-state index in [0.29, 0.717) is 32.7 Å². The SMILES string of the molecule is COCCNC(=O)CN(C)CCC(C)=O. The number of nitrogens with one attached hydrogen (secondary N) is 1. The van der Waals surface area contributed by atoms with E-state index >= 15 is 0 Å². The molecule has 0 saturated heterocycles. The highest BCUT2D eigenvalue weighted by atomic mass is 16.5. The Labute approximate surface area is 90.8 Å². The number of carbonyl (C=O) groups is 2. The number of methoxy groups -OCH3 is 1. The van der Waals surface area contributed by atoms with Crippen LogP contribution in [0.1, 0.15) is 13.3 Å². The average molecular weight is 216 g/mol. The summed E-state index contributed by atoms with van der Waals surface area (Å²) in [6.45, 7) is 3.52. The Morgan fingerprint density at radius 3 is 2.60 bits per heavy atom. The molecule has 5 nitrogen and oxygen atoms in total. The largest absolute Gasteiger partial charge is 0.383 e. The lowest BCUT2D eigenvalue weighted by molar-refractivity contribution is -0.123. The molecule has 0 saturated carbocycles. The van der Waals surface area contributed by atoms with Crippen LogP contribution in [-0.2, 0) is 14.3 Å². The number of carbonyl (C=O) groups excluding carboxylic acids is 2. The second-order valence-corrected chi connectivity index (χ2v) is 3.53. The zero-order valence-corrected chi connectivity index (χ0v) is 9.71. The molecule has 1 amide bonds. The Morgan fingerprint density at radius 2 is 2.07 bits per heavy atom. The molecule has 0 aromatic rings. The summed E-state index contributed by atoms with van der Waals surface area (Å²) in [5.41, 5.74) is 0. The summed E-state index contributed by atoms with van der Waals surface area (Å²) in [6.07, 6.45) is 0.488. The lowest BCUT2D eigenvalue weighted by Gasteiger charge is -2.15. The van der Waals surface area contributed by atoms with Gasteiger partial charge in [0.05, 0.1) is 13.2 Å². The van der Waals surface area contributed by atoms with Gasteiger partial charge in [0.1, 0.15) is 5.78 Å². The first-order chi connectivity index (χ1) is 7.06. The molecule has 0 aromatic carbocycles. The normalized spacial score (nSPS) is 10.4. The van der Waals surface area contributed by atoms with Crippen LogP contribution < -0.4 is 5.32 Å². The van der Waals surface area contributed by atoms with E-state index in [0.717, 1.165) is 0 Å². The molecule has 88 valence electrons. The molecule has 0 aromatic heterocycles. The summed E-state index contributed by atoms with van der Waals surface area (Å²) in [5.74, 6) is 0.0970. The molecule has 0 unspecified atom stereocenters. The van der Waals surface area contributed by atoms with Crippen LogP contribution in [0.5, 0.6) is 0 Å². The predicted molar refractivity (Wildman–Crippen MR) is 57.7 cm³/mol. The second kappa shape index (κ2) is 8.38. The van der Waals surface area contributed by atoms with Gasteiger partial charge in [0, 0.05) is 26.6 Å². The van der Waals surface area contributed by atoms with Crippen molar-refractivity contribution in [3.05, 3.63) is 0 Å². The Balaban J connectivity index is 3.53. The zero-order valence-electron chi connectivity index (χ0n) is 9.71. The summed E-state index contributed by atoms with van der Waals surface area (Å²) >= 11 is 0. The molecule has 15 heavy (non-hydrogen) atoms. The van der Waals surface area contributed by atoms with Gasteiger partial charge < -0.3 is 10.1 Å². The van der Waals surface area contributed by atoms with E-state index in [9.17, 15) is 9.59 Å². The summed E-state index contributed by atoms with van der Waals surface area (Å²) in [6, 6.07) is 0. The third-order valence-electron chi connectivity index (χ3n) is 1.89. The molecule has 0 rings (SSSR count). The maximum absolute atomic E-state index is 11.3. The molecule has 0 fully saturated rings. The molecule has 0 spiro atoms. The van der Waals surface area contributed by atoms with E-state index in [1.165, 1.54) is 0 Å². The summed E-state index contributed by atoms with van der Waals surface area (Å²) in [7, 11) is 3.41. The van der Waals surface area contributed by atoms with Crippen molar-refractivity contribution in [2.45, 2.75) is 13.3 Å². The highest BCUT2D eigenvalue weighted by Gasteiger charge is 2.06. The monoisotopic (exact) mass is 216 g/mol. The molecule has 0 aliphatic heterocycles. The topological polar surface area (TPSA) is 58.6 Å². The minimum absolute atomic E-state index is 0.0434. The van der Waals surface area contributed by atoms with Crippen LogP contribution in [-0.4, -0.2) is 57.0 Å². The second-order valence-electron chi connectivity index (χ2n) is 3.53. The van der Waals surface area contributed by atoms with Gasteiger partial charge in [-0.25, -0.2) is 0 Å². The number of rotatable bonds is 8. The van der Waals surface area contributed by atoms with Crippen LogP contribution in [0.15, 0.2) is 0 Å². The molecular weight excluding hydrogens is 196 g/mol. The number of nitrogens with zero attached hydrogens (tertiary/aromatic N) is 1. The molecular formula is C10H20N2O3. The Bertz CT molecular complexity index is 207. The molecule has 0 atom stereocenters. The van der Waals surface area contributed by atoms with Gasteiger partial charge in [-0.3, -0.25) is 14.5 Å². The lowest BCUT2D eigenvalue weighted by atomic mass is 10.3. The molecule has 0 radical (unpaired) electrons. The Hall–Kier alpha value is -0.940. The lowest BCUT2D eigenvalue weighted by Crippen LogP contribution is -2.37. The predicted octanol–water partition coefficient (Wildman–Crippen LogP) is -0.340. The maximum Gasteiger partial charge on any atom is 0.234 e. The van der Waals surface area contributed by atoms with Gasteiger partial charge in [0.2, 0.25) is 5.91 Å². The van der Waals surface area contributed by atoms with Crippen molar-refractivity contribution in [3.63, 3.8) is 0 Å². The fraction of sp³-hybridized carbons (Fsp3) is 0.800. The van der Waals surface area contributed by atoms with E-state index in [4.69, 9.17) is 4.74 Å². The van der Waals surface area contributed by atoms with Crippen molar-refractivity contribution in [3.8, 4) is 0 Å². The van der Waals surface area contributed by atoms with Crippen molar-refractivity contribution in [2.75, 3.05) is 40.4 Å². The average Bonchev–Trinajstić information content (AvgIpc) is 2.15. The number of hydrogen-bond acceptors (Lipinski definition) is 4. The molecule has 5 heteroatoms. The molecule has 1 N–H and O–H groups in total. The van der Waals surface area contributed by atoms with Crippen molar-refractivity contribution >= 4 is 11.7 Å². The molecule has 0 aliphatic carbocycles. The van der Waals surface area contributed by atoms with Gasteiger partial charge in [-0.05, 0) is 14.0 Å². The third-order valence-corrected chi connectivity index (χ3v) is 1.89. The summed E-state index contributed by atoms with van der Waals surface area (Å²) in [4.78, 5) is 23.8. The number of likely N-dealkylation sites (N-methyl/N-ethyl adjacent to an activating group) is 1. The van der Waals surface area contributed by atoms with Crippen LogP contribution in [0.2, 0.25) is 0 Å². The highest BCUT2D eigenvalue weighted by molar-refractivity contribution is 5.78. The smallest absolute Gasteiger partial charge is 0.234 e. The van der Waals surface area contributed by atoms with E-state index in [1.54, 1.807) is 14.0 Å². The van der Waals surface area contributed by atoms with Gasteiger partial charge >= 0.3 is 0 Å². The van der Waals surface area contributed by atoms with Crippen LogP contribution >= 0.6 is 0 Å². The first kappa shape index (κ1) is 14.1. The number of ketones is 1. The van der Waals surface area contributed by atoms with Crippen molar-refractivity contribution in [1.82, 2.24) is 10.2 Å². The standard InChI is InChI=1S/C10H20N2O3/c1-9(13)4-6-12(2)8-10(14)11-5-7-15-3/h4-8H2,1-3H3,(H,11,14).